The number of fused-ring (bicyclic) bond motifs is 1. The zero-order valence-corrected chi connectivity index (χ0v) is 11.1. The molecule has 1 aliphatic rings. The Labute approximate surface area is 111 Å². The predicted molar refractivity (Wildman–Crippen MR) is 72.6 cm³/mol. The molecular formula is C12H14N4O2S. The third-order valence-corrected chi connectivity index (χ3v) is 5.07. The van der Waals surface area contributed by atoms with Gasteiger partial charge in [-0.05, 0) is 24.5 Å². The fraction of sp³-hybridized carbons (Fsp3) is 0.417. The normalized spacial score (nSPS) is 21.6. The summed E-state index contributed by atoms with van der Waals surface area (Å²) in [7, 11) is -2.83. The molecule has 2 aromatic rings. The Morgan fingerprint density at radius 3 is 2.74 bits per heavy atom. The Morgan fingerprint density at radius 2 is 2.00 bits per heavy atom. The van der Waals surface area contributed by atoms with Crippen molar-refractivity contribution in [2.24, 2.45) is 5.92 Å². The van der Waals surface area contributed by atoms with Crippen LogP contribution in [0.25, 0.3) is 11.0 Å². The molecule has 19 heavy (non-hydrogen) atoms. The Hall–Kier alpha value is -1.76. The zero-order valence-electron chi connectivity index (χ0n) is 10.3. The highest BCUT2D eigenvalue weighted by Crippen LogP contribution is 2.18. The third-order valence-electron chi connectivity index (χ3n) is 3.24. The number of aromatic nitrogens is 3. The van der Waals surface area contributed by atoms with E-state index in [0.717, 1.165) is 11.0 Å². The van der Waals surface area contributed by atoms with Gasteiger partial charge in [0.25, 0.3) is 0 Å². The number of benzene rings is 1. The number of rotatable bonds is 3. The largest absolute Gasteiger partial charge is 0.353 e. The minimum absolute atomic E-state index is 0.139. The van der Waals surface area contributed by atoms with Gasteiger partial charge in [0.15, 0.2) is 9.84 Å². The Morgan fingerprint density at radius 1 is 1.21 bits per heavy atom. The molecule has 0 spiro atoms. The fourth-order valence-electron chi connectivity index (χ4n) is 2.22. The molecule has 1 atom stereocenters. The van der Waals surface area contributed by atoms with E-state index in [1.165, 1.54) is 0 Å². The van der Waals surface area contributed by atoms with Crippen LogP contribution in [0.2, 0.25) is 0 Å². The van der Waals surface area contributed by atoms with E-state index in [2.05, 4.69) is 20.5 Å². The highest BCUT2D eigenvalue weighted by Gasteiger charge is 2.27. The summed E-state index contributed by atoms with van der Waals surface area (Å²) in [6, 6.07) is 7.50. The lowest BCUT2D eigenvalue weighted by Gasteiger charge is -2.09. The maximum Gasteiger partial charge on any atom is 0.243 e. The molecule has 0 amide bonds. The van der Waals surface area contributed by atoms with Crippen molar-refractivity contribution in [3.05, 3.63) is 24.3 Å². The molecule has 0 aliphatic carbocycles. The predicted octanol–water partition coefficient (Wildman–Crippen LogP) is 0.871. The average molecular weight is 278 g/mol. The highest BCUT2D eigenvalue weighted by molar-refractivity contribution is 7.91. The van der Waals surface area contributed by atoms with Crippen LogP contribution in [0.3, 0.4) is 0 Å². The van der Waals surface area contributed by atoms with Crippen LogP contribution < -0.4 is 5.32 Å². The van der Waals surface area contributed by atoms with E-state index in [-0.39, 0.29) is 17.4 Å². The SMILES string of the molecule is O=S1(=O)CCC(CNc2nnc3ccccc3n2)C1. The number of anilines is 1. The van der Waals surface area contributed by atoms with Gasteiger partial charge < -0.3 is 5.32 Å². The van der Waals surface area contributed by atoms with Crippen molar-refractivity contribution in [2.45, 2.75) is 6.42 Å². The smallest absolute Gasteiger partial charge is 0.243 e. The maximum atomic E-state index is 11.4. The molecule has 1 saturated heterocycles. The highest BCUT2D eigenvalue weighted by atomic mass is 32.2. The van der Waals surface area contributed by atoms with E-state index in [4.69, 9.17) is 0 Å². The van der Waals surface area contributed by atoms with Gasteiger partial charge in [0.2, 0.25) is 5.95 Å². The van der Waals surface area contributed by atoms with Crippen molar-refractivity contribution in [3.63, 3.8) is 0 Å². The van der Waals surface area contributed by atoms with Crippen LogP contribution in [-0.2, 0) is 9.84 Å². The van der Waals surface area contributed by atoms with Gasteiger partial charge in [0.05, 0.1) is 17.0 Å². The second-order valence-corrected chi connectivity index (χ2v) is 7.00. The standard InChI is InChI=1S/C12H14N4O2S/c17-19(18)6-5-9(8-19)7-13-12-14-10-3-1-2-4-11(10)15-16-12/h1-4,9H,5-8H2,(H,13,14,16). The van der Waals surface area contributed by atoms with Gasteiger partial charge in [0.1, 0.15) is 5.52 Å². The van der Waals surface area contributed by atoms with Crippen molar-refractivity contribution in [3.8, 4) is 0 Å². The number of nitrogens with one attached hydrogen (secondary N) is 1. The number of nitrogens with zero attached hydrogens (tertiary/aromatic N) is 3. The molecule has 1 N–H and O–H groups in total. The van der Waals surface area contributed by atoms with Crippen LogP contribution in [0, 0.1) is 5.92 Å². The maximum absolute atomic E-state index is 11.4. The van der Waals surface area contributed by atoms with E-state index in [1.807, 2.05) is 24.3 Å². The molecule has 0 radical (unpaired) electrons. The van der Waals surface area contributed by atoms with Crippen LogP contribution in [0.15, 0.2) is 24.3 Å². The Bertz CT molecular complexity index is 702. The molecule has 7 heteroatoms. The second-order valence-electron chi connectivity index (χ2n) is 4.77. The summed E-state index contributed by atoms with van der Waals surface area (Å²) >= 11 is 0. The quantitative estimate of drug-likeness (QED) is 0.896. The lowest BCUT2D eigenvalue weighted by molar-refractivity contribution is 0.595. The molecule has 1 aromatic carbocycles. The molecular weight excluding hydrogens is 264 g/mol. The van der Waals surface area contributed by atoms with E-state index < -0.39 is 9.84 Å². The van der Waals surface area contributed by atoms with Crippen molar-refractivity contribution in [1.29, 1.82) is 0 Å². The molecule has 3 rings (SSSR count). The molecule has 0 saturated carbocycles. The molecule has 2 heterocycles. The van der Waals surface area contributed by atoms with Crippen molar-refractivity contribution >= 4 is 26.8 Å². The zero-order chi connectivity index (χ0) is 13.3. The summed E-state index contributed by atoms with van der Waals surface area (Å²) in [5.74, 6) is 1.13. The number of hydrogen-bond acceptors (Lipinski definition) is 6. The van der Waals surface area contributed by atoms with Crippen molar-refractivity contribution in [1.82, 2.24) is 15.2 Å². The van der Waals surface area contributed by atoms with Gasteiger partial charge in [0, 0.05) is 6.54 Å². The number of para-hydroxylation sites is 1. The average Bonchev–Trinajstić information content (AvgIpc) is 2.76. The van der Waals surface area contributed by atoms with Gasteiger partial charge in [-0.1, -0.05) is 12.1 Å². The van der Waals surface area contributed by atoms with Gasteiger partial charge >= 0.3 is 0 Å². The summed E-state index contributed by atoms with van der Waals surface area (Å²) < 4.78 is 22.7. The first-order valence-corrected chi connectivity index (χ1v) is 7.98. The molecule has 1 unspecified atom stereocenters. The first-order chi connectivity index (χ1) is 9.12. The molecule has 0 bridgehead atoms. The summed E-state index contributed by atoms with van der Waals surface area (Å²) in [4.78, 5) is 4.34. The molecule has 6 nitrogen and oxygen atoms in total. The Kier molecular flexibility index (Phi) is 3.06. The van der Waals surface area contributed by atoms with Gasteiger partial charge in [-0.15, -0.1) is 10.2 Å². The van der Waals surface area contributed by atoms with E-state index in [0.29, 0.717) is 18.9 Å². The first-order valence-electron chi connectivity index (χ1n) is 6.16. The summed E-state index contributed by atoms with van der Waals surface area (Å²) in [6.45, 7) is 0.569. The van der Waals surface area contributed by atoms with E-state index >= 15 is 0 Å². The summed E-state index contributed by atoms with van der Waals surface area (Å²) in [5.41, 5.74) is 1.52. The Balaban J connectivity index is 1.69. The van der Waals surface area contributed by atoms with Crippen LogP contribution >= 0.6 is 0 Å². The van der Waals surface area contributed by atoms with Gasteiger partial charge in [-0.3, -0.25) is 0 Å². The van der Waals surface area contributed by atoms with Gasteiger partial charge in [-0.25, -0.2) is 13.4 Å². The van der Waals surface area contributed by atoms with E-state index in [9.17, 15) is 8.42 Å². The van der Waals surface area contributed by atoms with Crippen molar-refractivity contribution in [2.75, 3.05) is 23.4 Å². The van der Waals surface area contributed by atoms with E-state index in [1.54, 1.807) is 0 Å². The number of hydrogen-bond donors (Lipinski definition) is 1. The van der Waals surface area contributed by atoms with Gasteiger partial charge in [-0.2, -0.15) is 0 Å². The summed E-state index contributed by atoms with van der Waals surface area (Å²) in [5, 5.41) is 11.1. The molecule has 1 aliphatic heterocycles. The lowest BCUT2D eigenvalue weighted by Crippen LogP contribution is -2.17. The fourth-order valence-corrected chi connectivity index (χ4v) is 4.09. The lowest BCUT2D eigenvalue weighted by atomic mass is 10.1. The minimum atomic E-state index is -2.83. The minimum Gasteiger partial charge on any atom is -0.353 e. The summed E-state index contributed by atoms with van der Waals surface area (Å²) in [6.07, 6.45) is 0.705. The molecule has 1 fully saturated rings. The van der Waals surface area contributed by atoms with Crippen LogP contribution in [-0.4, -0.2) is 41.6 Å². The van der Waals surface area contributed by atoms with Crippen LogP contribution in [0.5, 0.6) is 0 Å². The first kappa shape index (κ1) is 12.3. The van der Waals surface area contributed by atoms with Crippen LogP contribution in [0.1, 0.15) is 6.42 Å². The number of sulfone groups is 1. The van der Waals surface area contributed by atoms with Crippen LogP contribution in [0.4, 0.5) is 5.95 Å². The topological polar surface area (TPSA) is 84.8 Å². The molecule has 1 aromatic heterocycles. The van der Waals surface area contributed by atoms with Crippen molar-refractivity contribution < 1.29 is 8.42 Å². The third kappa shape index (κ3) is 2.81. The molecule has 100 valence electrons. The monoisotopic (exact) mass is 278 g/mol. The second kappa shape index (κ2) is 4.73.